The minimum Gasteiger partial charge on any atom is -0.354 e. The number of carbonyl (C=O) groups is 1. The van der Waals surface area contributed by atoms with Crippen molar-refractivity contribution < 1.29 is 13.2 Å². The van der Waals surface area contributed by atoms with E-state index in [4.69, 9.17) is 0 Å². The number of hydrogen-bond donors (Lipinski definition) is 2. The normalized spacial score (nSPS) is 25.2. The first kappa shape index (κ1) is 18.8. The van der Waals surface area contributed by atoms with Gasteiger partial charge < -0.3 is 10.6 Å². The largest absolute Gasteiger partial charge is 0.354 e. The van der Waals surface area contributed by atoms with E-state index in [1.54, 1.807) is 10.4 Å². The summed E-state index contributed by atoms with van der Waals surface area (Å²) in [6, 6.07) is 3.53. The molecule has 0 radical (unpaired) electrons. The second-order valence-corrected chi connectivity index (χ2v) is 10.2. The van der Waals surface area contributed by atoms with Crippen LogP contribution in [0.4, 0.5) is 0 Å². The van der Waals surface area contributed by atoms with Crippen LogP contribution in [-0.4, -0.2) is 50.9 Å². The van der Waals surface area contributed by atoms with Gasteiger partial charge in [-0.3, -0.25) is 4.79 Å². The van der Waals surface area contributed by atoms with Crippen molar-refractivity contribution >= 4 is 27.3 Å². The summed E-state index contributed by atoms with van der Waals surface area (Å²) >= 11 is 1.36. The van der Waals surface area contributed by atoms with Crippen LogP contribution in [0.5, 0.6) is 0 Å². The van der Waals surface area contributed by atoms with Gasteiger partial charge in [0.05, 0.1) is 6.04 Å². The first-order valence-corrected chi connectivity index (χ1v) is 11.4. The van der Waals surface area contributed by atoms with Crippen LogP contribution < -0.4 is 10.6 Å². The molecule has 140 valence electrons. The quantitative estimate of drug-likeness (QED) is 0.779. The first-order valence-electron chi connectivity index (χ1n) is 9.10. The van der Waals surface area contributed by atoms with Crippen molar-refractivity contribution in [3.05, 3.63) is 17.0 Å². The molecule has 0 aliphatic carbocycles. The highest BCUT2D eigenvalue weighted by molar-refractivity contribution is 7.91. The molecule has 0 spiro atoms. The average Bonchev–Trinajstić information content (AvgIpc) is 3.31. The molecule has 6 nitrogen and oxygen atoms in total. The molecule has 0 bridgehead atoms. The molecule has 1 amide bonds. The molecular formula is C17H27N3O3S2. The van der Waals surface area contributed by atoms with Crippen LogP contribution >= 0.6 is 11.3 Å². The lowest BCUT2D eigenvalue weighted by Crippen LogP contribution is -2.46. The summed E-state index contributed by atoms with van der Waals surface area (Å²) in [6.45, 7) is 4.53. The van der Waals surface area contributed by atoms with E-state index in [2.05, 4.69) is 10.6 Å². The maximum Gasteiger partial charge on any atom is 0.252 e. The molecule has 1 aromatic rings. The molecule has 2 atom stereocenters. The molecule has 2 unspecified atom stereocenters. The molecule has 2 aliphatic rings. The fourth-order valence-electron chi connectivity index (χ4n) is 3.50. The van der Waals surface area contributed by atoms with E-state index in [-0.39, 0.29) is 17.9 Å². The predicted molar refractivity (Wildman–Crippen MR) is 99.2 cm³/mol. The Kier molecular flexibility index (Phi) is 6.14. The van der Waals surface area contributed by atoms with Crippen LogP contribution in [-0.2, 0) is 21.2 Å². The smallest absolute Gasteiger partial charge is 0.252 e. The lowest BCUT2D eigenvalue weighted by Gasteiger charge is -2.31. The molecular weight excluding hydrogens is 358 g/mol. The van der Waals surface area contributed by atoms with Gasteiger partial charge in [0.15, 0.2) is 0 Å². The summed E-state index contributed by atoms with van der Waals surface area (Å²) in [5.41, 5.74) is 0. The summed E-state index contributed by atoms with van der Waals surface area (Å²) in [5, 5.41) is 6.19. The number of nitrogens with zero attached hydrogens (tertiary/aromatic N) is 1. The minimum atomic E-state index is -3.41. The maximum atomic E-state index is 12.8. The predicted octanol–water partition coefficient (Wildman–Crippen LogP) is 1.58. The standard InChI is InChI=1S/C17H27N3O3S2/c1-2-14-7-8-16(24-14)25(22,23)20-10-4-5-13(12-20)11-19-17(21)15-6-3-9-18-15/h7-8,13,15,18H,2-6,9-12H2,1H3,(H,19,21). The lowest BCUT2D eigenvalue weighted by atomic mass is 9.99. The summed E-state index contributed by atoms with van der Waals surface area (Å²) in [5.74, 6) is 0.225. The summed E-state index contributed by atoms with van der Waals surface area (Å²) in [7, 11) is -3.41. The Morgan fingerprint density at radius 1 is 1.36 bits per heavy atom. The SMILES string of the molecule is CCc1ccc(S(=O)(=O)N2CCCC(CNC(=O)C3CCCN3)C2)s1. The Morgan fingerprint density at radius 3 is 2.88 bits per heavy atom. The van der Waals surface area contributed by atoms with Crippen LogP contribution in [0.25, 0.3) is 0 Å². The number of rotatable bonds is 6. The van der Waals surface area contributed by atoms with Crippen LogP contribution in [0.2, 0.25) is 0 Å². The number of hydrogen-bond acceptors (Lipinski definition) is 5. The number of aryl methyl sites for hydroxylation is 1. The van der Waals surface area contributed by atoms with Gasteiger partial charge in [-0.05, 0) is 56.7 Å². The monoisotopic (exact) mass is 385 g/mol. The second kappa shape index (κ2) is 8.16. The molecule has 2 saturated heterocycles. The molecule has 3 heterocycles. The van der Waals surface area contributed by atoms with Gasteiger partial charge in [-0.2, -0.15) is 4.31 Å². The molecule has 1 aromatic heterocycles. The Labute approximate surface area is 154 Å². The summed E-state index contributed by atoms with van der Waals surface area (Å²) < 4.78 is 27.7. The van der Waals surface area contributed by atoms with Crippen molar-refractivity contribution in [3.63, 3.8) is 0 Å². The van der Waals surface area contributed by atoms with E-state index >= 15 is 0 Å². The van der Waals surface area contributed by atoms with Gasteiger partial charge in [0.25, 0.3) is 10.0 Å². The van der Waals surface area contributed by atoms with Crippen LogP contribution in [0.15, 0.2) is 16.3 Å². The third-order valence-corrected chi connectivity index (χ3v) is 8.57. The third kappa shape index (κ3) is 4.42. The molecule has 0 aromatic carbocycles. The fraction of sp³-hybridized carbons (Fsp3) is 0.706. The molecule has 2 fully saturated rings. The Hall–Kier alpha value is -0.960. The van der Waals surface area contributed by atoms with Gasteiger partial charge in [-0.1, -0.05) is 6.92 Å². The molecule has 0 saturated carbocycles. The lowest BCUT2D eigenvalue weighted by molar-refractivity contribution is -0.123. The van der Waals surface area contributed by atoms with E-state index < -0.39 is 10.0 Å². The van der Waals surface area contributed by atoms with Crippen LogP contribution in [0.3, 0.4) is 0 Å². The molecule has 2 aliphatic heterocycles. The number of nitrogens with one attached hydrogen (secondary N) is 2. The number of piperidine rings is 1. The van der Waals surface area contributed by atoms with Gasteiger partial charge in [0.1, 0.15) is 4.21 Å². The summed E-state index contributed by atoms with van der Waals surface area (Å²) in [4.78, 5) is 13.2. The fourth-order valence-corrected chi connectivity index (χ4v) is 6.51. The van der Waals surface area contributed by atoms with E-state index in [0.29, 0.717) is 23.8 Å². The zero-order chi connectivity index (χ0) is 17.9. The first-order chi connectivity index (χ1) is 12.0. The van der Waals surface area contributed by atoms with E-state index in [1.165, 1.54) is 11.3 Å². The van der Waals surface area contributed by atoms with Crippen molar-refractivity contribution in [2.24, 2.45) is 5.92 Å². The highest BCUT2D eigenvalue weighted by Crippen LogP contribution is 2.28. The topological polar surface area (TPSA) is 78.5 Å². The maximum absolute atomic E-state index is 12.8. The number of sulfonamides is 1. The second-order valence-electron chi connectivity index (χ2n) is 6.84. The van der Waals surface area contributed by atoms with Gasteiger partial charge in [-0.25, -0.2) is 8.42 Å². The van der Waals surface area contributed by atoms with Crippen molar-refractivity contribution in [3.8, 4) is 0 Å². The molecule has 25 heavy (non-hydrogen) atoms. The van der Waals surface area contributed by atoms with Gasteiger partial charge >= 0.3 is 0 Å². The Morgan fingerprint density at radius 2 is 2.20 bits per heavy atom. The van der Waals surface area contributed by atoms with E-state index in [9.17, 15) is 13.2 Å². The van der Waals surface area contributed by atoms with Gasteiger partial charge in [0.2, 0.25) is 5.91 Å². The van der Waals surface area contributed by atoms with Gasteiger partial charge in [0, 0.05) is 24.5 Å². The summed E-state index contributed by atoms with van der Waals surface area (Å²) in [6.07, 6.45) is 4.57. The Bertz CT molecular complexity index is 696. The minimum absolute atomic E-state index is 0.0447. The van der Waals surface area contributed by atoms with Crippen LogP contribution in [0.1, 0.15) is 37.5 Å². The molecule has 2 N–H and O–H groups in total. The highest BCUT2D eigenvalue weighted by Gasteiger charge is 2.32. The zero-order valence-corrected chi connectivity index (χ0v) is 16.3. The Balaban J connectivity index is 1.57. The number of carbonyl (C=O) groups excluding carboxylic acids is 1. The van der Waals surface area contributed by atoms with E-state index in [1.807, 2.05) is 13.0 Å². The zero-order valence-electron chi connectivity index (χ0n) is 14.7. The number of thiophene rings is 1. The third-order valence-electron chi connectivity index (χ3n) is 5.00. The van der Waals surface area contributed by atoms with Crippen molar-refractivity contribution in [2.45, 2.75) is 49.3 Å². The molecule has 8 heteroatoms. The van der Waals surface area contributed by atoms with Crippen molar-refractivity contribution in [1.29, 1.82) is 0 Å². The van der Waals surface area contributed by atoms with Crippen LogP contribution in [0, 0.1) is 5.92 Å². The number of amides is 1. The van der Waals surface area contributed by atoms with Crippen molar-refractivity contribution in [2.75, 3.05) is 26.2 Å². The highest BCUT2D eigenvalue weighted by atomic mass is 32.2. The molecule has 3 rings (SSSR count). The van der Waals surface area contributed by atoms with E-state index in [0.717, 1.165) is 43.5 Å². The average molecular weight is 386 g/mol. The van der Waals surface area contributed by atoms with Crippen molar-refractivity contribution in [1.82, 2.24) is 14.9 Å². The van der Waals surface area contributed by atoms with Gasteiger partial charge in [-0.15, -0.1) is 11.3 Å².